The summed E-state index contributed by atoms with van der Waals surface area (Å²) in [6, 6.07) is 34.0. The van der Waals surface area contributed by atoms with Crippen LogP contribution in [0.3, 0.4) is 0 Å². The molecule has 0 bridgehead atoms. The average Bonchev–Trinajstić information content (AvgIpc) is 3.77. The molecule has 0 saturated carbocycles. The Morgan fingerprint density at radius 2 is 1.17 bits per heavy atom. The Morgan fingerprint density at radius 1 is 0.500 bits per heavy atom. The first kappa shape index (κ1) is 25.3. The van der Waals surface area contributed by atoms with Crippen molar-refractivity contribution in [2.75, 3.05) is 0 Å². The van der Waals surface area contributed by atoms with Gasteiger partial charge in [-0.3, -0.25) is 0 Å². The number of furan rings is 3. The maximum atomic E-state index is 6.41. The van der Waals surface area contributed by atoms with E-state index in [2.05, 4.69) is 85.4 Å². The van der Waals surface area contributed by atoms with Gasteiger partial charge in [0.25, 0.3) is 0 Å². The lowest BCUT2D eigenvalue weighted by Gasteiger charge is -2.11. The number of allylic oxidation sites excluding steroid dienone is 4. The number of benzene rings is 5. The Hall–Kier alpha value is -6.00. The summed E-state index contributed by atoms with van der Waals surface area (Å²) in [6.45, 7) is 4.27. The number of hydrogen-bond donors (Lipinski definition) is 0. The number of rotatable bonds is 2. The van der Waals surface area contributed by atoms with Crippen LogP contribution < -0.4 is 4.74 Å². The normalized spacial score (nSPS) is 15.3. The van der Waals surface area contributed by atoms with Crippen LogP contribution in [0, 0.1) is 0 Å². The molecule has 0 radical (unpaired) electrons. The first-order valence-electron chi connectivity index (χ1n) is 15.5. The molecule has 218 valence electrons. The van der Waals surface area contributed by atoms with Crippen molar-refractivity contribution in [2.45, 2.75) is 12.8 Å². The molecule has 0 spiro atoms. The Morgan fingerprint density at radius 3 is 1.98 bits per heavy atom. The maximum absolute atomic E-state index is 6.41. The van der Waals surface area contributed by atoms with Crippen molar-refractivity contribution < 1.29 is 18.0 Å². The van der Waals surface area contributed by atoms with E-state index in [0.29, 0.717) is 0 Å². The summed E-state index contributed by atoms with van der Waals surface area (Å²) in [7, 11) is 0. The van der Waals surface area contributed by atoms with Gasteiger partial charge in [-0.05, 0) is 82.4 Å². The fourth-order valence-corrected chi connectivity index (χ4v) is 7.25. The zero-order valence-corrected chi connectivity index (χ0v) is 24.8. The van der Waals surface area contributed by atoms with Gasteiger partial charge in [0, 0.05) is 45.5 Å². The third kappa shape index (κ3) is 3.67. The molecule has 0 atom stereocenters. The summed E-state index contributed by atoms with van der Waals surface area (Å²) in [5.41, 5.74) is 12.1. The van der Waals surface area contributed by atoms with E-state index in [1.54, 1.807) is 6.26 Å². The highest BCUT2D eigenvalue weighted by atomic mass is 16.5. The third-order valence-electron chi connectivity index (χ3n) is 9.39. The van der Waals surface area contributed by atoms with E-state index in [9.17, 15) is 0 Å². The number of hydrogen-bond acceptors (Lipinski definition) is 4. The molecule has 0 N–H and O–H groups in total. The van der Waals surface area contributed by atoms with Crippen LogP contribution in [0.1, 0.15) is 17.1 Å². The van der Waals surface area contributed by atoms with Gasteiger partial charge in [0.05, 0.1) is 11.8 Å². The Balaban J connectivity index is 1.08. The van der Waals surface area contributed by atoms with Gasteiger partial charge in [-0.2, -0.15) is 0 Å². The molecule has 2 aliphatic rings. The molecule has 5 aromatic carbocycles. The number of para-hydroxylation sites is 1. The van der Waals surface area contributed by atoms with Crippen LogP contribution in [0.5, 0.6) is 5.75 Å². The topological polar surface area (TPSA) is 48.7 Å². The zero-order valence-electron chi connectivity index (χ0n) is 24.8. The molecule has 46 heavy (non-hydrogen) atoms. The summed E-state index contributed by atoms with van der Waals surface area (Å²) in [5.74, 6) is 2.82. The van der Waals surface area contributed by atoms with E-state index in [4.69, 9.17) is 18.0 Å². The van der Waals surface area contributed by atoms with Crippen LogP contribution in [-0.4, -0.2) is 0 Å². The highest BCUT2D eigenvalue weighted by Crippen LogP contribution is 2.47. The second-order valence-electron chi connectivity index (χ2n) is 12.0. The van der Waals surface area contributed by atoms with E-state index < -0.39 is 0 Å². The summed E-state index contributed by atoms with van der Waals surface area (Å²) >= 11 is 0. The van der Waals surface area contributed by atoms with Crippen molar-refractivity contribution in [3.8, 4) is 39.1 Å². The van der Waals surface area contributed by atoms with Crippen LogP contribution in [0.4, 0.5) is 0 Å². The molecule has 3 aromatic heterocycles. The molecule has 10 rings (SSSR count). The van der Waals surface area contributed by atoms with Crippen LogP contribution in [0.25, 0.3) is 82.8 Å². The Bertz CT molecular complexity index is 2630. The lowest BCUT2D eigenvalue weighted by Crippen LogP contribution is -1.98. The van der Waals surface area contributed by atoms with Gasteiger partial charge in [0.15, 0.2) is 0 Å². The van der Waals surface area contributed by atoms with Gasteiger partial charge in [-0.1, -0.05) is 67.3 Å². The predicted molar refractivity (Wildman–Crippen MR) is 185 cm³/mol. The van der Waals surface area contributed by atoms with Crippen LogP contribution in [0.2, 0.25) is 0 Å². The van der Waals surface area contributed by atoms with E-state index >= 15 is 0 Å². The number of aryl methyl sites for hydroxylation is 2. The molecule has 4 heterocycles. The van der Waals surface area contributed by atoms with Gasteiger partial charge < -0.3 is 18.0 Å². The summed E-state index contributed by atoms with van der Waals surface area (Å²) in [6.07, 6.45) is 9.13. The van der Waals surface area contributed by atoms with Crippen LogP contribution in [0.15, 0.2) is 141 Å². The maximum Gasteiger partial charge on any atom is 0.146 e. The van der Waals surface area contributed by atoms with Crippen LogP contribution >= 0.6 is 0 Å². The minimum atomic E-state index is 0.734. The SMILES string of the molecule is C=C1/C=C\C=C/Oc2ccc3c(oc4ccc(-c5cccc(-c6ccc7oc8c(c7c6)-c6c(oc7ccccc67)CC8)c5)cc43)c21. The molecular weight excluding hydrogens is 568 g/mol. The molecule has 1 aliphatic heterocycles. The second kappa shape index (κ2) is 9.50. The zero-order chi connectivity index (χ0) is 30.4. The highest BCUT2D eigenvalue weighted by molar-refractivity contribution is 6.11. The number of fused-ring (bicyclic) bond motifs is 12. The molecule has 0 fully saturated rings. The van der Waals surface area contributed by atoms with Gasteiger partial charge in [0.2, 0.25) is 0 Å². The first-order valence-corrected chi connectivity index (χ1v) is 15.5. The summed E-state index contributed by atoms with van der Waals surface area (Å²) in [5, 5.41) is 4.37. The van der Waals surface area contributed by atoms with Crippen molar-refractivity contribution in [3.05, 3.63) is 145 Å². The van der Waals surface area contributed by atoms with Crippen molar-refractivity contribution in [1.29, 1.82) is 0 Å². The lowest BCUT2D eigenvalue weighted by molar-refractivity contribution is 0.479. The summed E-state index contributed by atoms with van der Waals surface area (Å²) in [4.78, 5) is 0. The van der Waals surface area contributed by atoms with Gasteiger partial charge in [-0.15, -0.1) is 0 Å². The highest BCUT2D eigenvalue weighted by Gasteiger charge is 2.28. The molecule has 4 nitrogen and oxygen atoms in total. The van der Waals surface area contributed by atoms with E-state index in [1.165, 1.54) is 11.1 Å². The third-order valence-corrected chi connectivity index (χ3v) is 9.39. The van der Waals surface area contributed by atoms with Crippen molar-refractivity contribution in [2.24, 2.45) is 0 Å². The summed E-state index contributed by atoms with van der Waals surface area (Å²) < 4.78 is 25.0. The van der Waals surface area contributed by atoms with Crippen molar-refractivity contribution >= 4 is 49.5 Å². The average molecular weight is 595 g/mol. The van der Waals surface area contributed by atoms with E-state index in [1.807, 2.05) is 36.4 Å². The molecule has 1 aliphatic carbocycles. The molecule has 0 saturated heterocycles. The van der Waals surface area contributed by atoms with E-state index in [-0.39, 0.29) is 0 Å². The monoisotopic (exact) mass is 594 g/mol. The molecule has 8 aromatic rings. The van der Waals surface area contributed by atoms with Crippen molar-refractivity contribution in [3.63, 3.8) is 0 Å². The van der Waals surface area contributed by atoms with E-state index in [0.717, 1.165) is 107 Å². The van der Waals surface area contributed by atoms with Gasteiger partial charge >= 0.3 is 0 Å². The first-order chi connectivity index (χ1) is 22.7. The predicted octanol–water partition coefficient (Wildman–Crippen LogP) is 11.7. The molecular formula is C42H26O4. The van der Waals surface area contributed by atoms with Gasteiger partial charge in [0.1, 0.15) is 39.6 Å². The van der Waals surface area contributed by atoms with Gasteiger partial charge in [-0.25, -0.2) is 0 Å². The quantitative estimate of drug-likeness (QED) is 0.200. The largest absolute Gasteiger partial charge is 0.464 e. The lowest BCUT2D eigenvalue weighted by atomic mass is 9.90. The Labute approximate surface area is 264 Å². The molecule has 0 unspecified atom stereocenters. The smallest absolute Gasteiger partial charge is 0.146 e. The molecule has 4 heteroatoms. The van der Waals surface area contributed by atoms with Crippen molar-refractivity contribution in [1.82, 2.24) is 0 Å². The second-order valence-corrected chi connectivity index (χ2v) is 12.0. The Kier molecular flexibility index (Phi) is 5.23. The minimum absolute atomic E-state index is 0.734. The molecule has 0 amide bonds. The standard InChI is InChI=1S/C42H26O4/c1-24-7-4-5-20-43-36-17-14-29-31-22-27(12-15-34(31)46-42(29)39(24)36)25-8-6-9-26(21-25)28-13-16-35-32(23-28)41-38(45-35)19-18-37-40(41)30-10-2-3-11-33(30)44-37/h2-17,20-23H,1,18-19H2/b7-4-,20-5-. The fourth-order valence-electron chi connectivity index (χ4n) is 7.25. The van der Waals surface area contributed by atoms with Crippen LogP contribution in [-0.2, 0) is 12.8 Å². The fraction of sp³-hybridized carbons (Fsp3) is 0.0476. The minimum Gasteiger partial charge on any atom is -0.464 e. The number of ether oxygens (including phenoxy) is 1.